The van der Waals surface area contributed by atoms with Crippen molar-refractivity contribution >= 4 is 22.9 Å². The molecule has 1 aliphatic rings. The second-order valence-corrected chi connectivity index (χ2v) is 6.00. The Balaban J connectivity index is 1.33. The molecular weight excluding hydrogens is 328 g/mol. The van der Waals surface area contributed by atoms with Crippen LogP contribution in [0.2, 0.25) is 0 Å². The van der Waals surface area contributed by atoms with E-state index in [1.54, 1.807) is 6.08 Å². The maximum atomic E-state index is 12.0. The molecule has 0 aliphatic carbocycles. The van der Waals surface area contributed by atoms with Crippen molar-refractivity contribution in [2.24, 2.45) is 0 Å². The zero-order valence-electron chi connectivity index (χ0n) is 14.1. The molecule has 1 unspecified atom stereocenters. The van der Waals surface area contributed by atoms with Gasteiger partial charge >= 0.3 is 0 Å². The van der Waals surface area contributed by atoms with Crippen LogP contribution >= 0.6 is 0 Å². The van der Waals surface area contributed by atoms with Crippen LogP contribution in [0.3, 0.4) is 0 Å². The number of hydrogen-bond acceptors (Lipinski definition) is 4. The quantitative estimate of drug-likeness (QED) is 0.737. The number of pyridine rings is 1. The number of fused-ring (bicyclic) bond motifs is 2. The Morgan fingerprint density at radius 3 is 2.81 bits per heavy atom. The third kappa shape index (κ3) is 3.67. The van der Waals surface area contributed by atoms with Crippen LogP contribution in [-0.4, -0.2) is 30.1 Å². The van der Waals surface area contributed by atoms with Gasteiger partial charge in [-0.1, -0.05) is 36.4 Å². The van der Waals surface area contributed by atoms with E-state index in [2.05, 4.69) is 10.3 Å². The van der Waals surface area contributed by atoms with Gasteiger partial charge in [-0.2, -0.15) is 0 Å². The number of ether oxygens (including phenoxy) is 2. The molecule has 1 aromatic heterocycles. The molecule has 1 amide bonds. The smallest absolute Gasteiger partial charge is 0.244 e. The van der Waals surface area contributed by atoms with Gasteiger partial charge in [-0.05, 0) is 30.3 Å². The van der Waals surface area contributed by atoms with E-state index >= 15 is 0 Å². The minimum Gasteiger partial charge on any atom is -0.486 e. The summed E-state index contributed by atoms with van der Waals surface area (Å²) in [6.07, 6.45) is 2.98. The molecule has 0 saturated carbocycles. The molecule has 1 atom stereocenters. The van der Waals surface area contributed by atoms with Gasteiger partial charge in [0, 0.05) is 11.5 Å². The first kappa shape index (κ1) is 16.1. The lowest BCUT2D eigenvalue weighted by Gasteiger charge is -2.26. The summed E-state index contributed by atoms with van der Waals surface area (Å²) in [5, 5.41) is 3.91. The fraction of sp³-hybridized carbons (Fsp3) is 0.143. The van der Waals surface area contributed by atoms with Crippen molar-refractivity contribution in [1.82, 2.24) is 10.3 Å². The van der Waals surface area contributed by atoms with E-state index in [1.165, 1.54) is 6.08 Å². The molecule has 0 fully saturated rings. The van der Waals surface area contributed by atoms with Crippen molar-refractivity contribution in [2.75, 3.05) is 13.2 Å². The topological polar surface area (TPSA) is 60.5 Å². The average molecular weight is 346 g/mol. The minimum atomic E-state index is -0.207. The fourth-order valence-electron chi connectivity index (χ4n) is 2.77. The molecule has 0 spiro atoms. The predicted octanol–water partition coefficient (Wildman–Crippen LogP) is 3.20. The van der Waals surface area contributed by atoms with Crippen molar-refractivity contribution in [3.63, 3.8) is 0 Å². The monoisotopic (exact) mass is 346 g/mol. The first-order valence-corrected chi connectivity index (χ1v) is 8.48. The summed E-state index contributed by atoms with van der Waals surface area (Å²) in [4.78, 5) is 16.6. The summed E-state index contributed by atoms with van der Waals surface area (Å²) in [6.45, 7) is 0.788. The van der Waals surface area contributed by atoms with Crippen molar-refractivity contribution in [3.8, 4) is 11.5 Å². The molecule has 1 aliphatic heterocycles. The van der Waals surface area contributed by atoms with Crippen molar-refractivity contribution < 1.29 is 14.3 Å². The van der Waals surface area contributed by atoms with E-state index in [-0.39, 0.29) is 12.0 Å². The third-order valence-electron chi connectivity index (χ3n) is 4.10. The molecule has 0 saturated heterocycles. The number of nitrogens with zero attached hydrogens (tertiary/aromatic N) is 1. The lowest BCUT2D eigenvalue weighted by atomic mass is 10.2. The number of nitrogens with one attached hydrogen (secondary N) is 1. The van der Waals surface area contributed by atoms with E-state index in [1.807, 2.05) is 60.7 Å². The van der Waals surface area contributed by atoms with Gasteiger partial charge in [-0.3, -0.25) is 4.79 Å². The molecular formula is C21H18N2O3. The first-order valence-electron chi connectivity index (χ1n) is 8.48. The highest BCUT2D eigenvalue weighted by Crippen LogP contribution is 2.30. The largest absolute Gasteiger partial charge is 0.486 e. The Morgan fingerprint density at radius 1 is 1.08 bits per heavy atom. The summed E-state index contributed by atoms with van der Waals surface area (Å²) in [5.74, 6) is 1.24. The highest BCUT2D eigenvalue weighted by molar-refractivity contribution is 5.91. The van der Waals surface area contributed by atoms with E-state index in [4.69, 9.17) is 9.47 Å². The Bertz CT molecular complexity index is 968. The van der Waals surface area contributed by atoms with Crippen LogP contribution < -0.4 is 14.8 Å². The Labute approximate surface area is 151 Å². The number of para-hydroxylation sites is 3. The summed E-state index contributed by atoms with van der Waals surface area (Å²) in [7, 11) is 0. The van der Waals surface area contributed by atoms with Gasteiger partial charge in [-0.25, -0.2) is 4.98 Å². The molecule has 4 rings (SSSR count). The van der Waals surface area contributed by atoms with Crippen LogP contribution in [0.5, 0.6) is 11.5 Å². The Morgan fingerprint density at radius 2 is 1.88 bits per heavy atom. The Kier molecular flexibility index (Phi) is 4.51. The van der Waals surface area contributed by atoms with Gasteiger partial charge in [0.1, 0.15) is 12.7 Å². The number of carbonyl (C=O) groups excluding carboxylic acids is 1. The lowest BCUT2D eigenvalue weighted by Crippen LogP contribution is -2.40. The molecule has 26 heavy (non-hydrogen) atoms. The minimum absolute atomic E-state index is 0.192. The van der Waals surface area contributed by atoms with Gasteiger partial charge in [0.05, 0.1) is 17.8 Å². The fourth-order valence-corrected chi connectivity index (χ4v) is 2.77. The summed E-state index contributed by atoms with van der Waals surface area (Å²) in [6, 6.07) is 19.3. The van der Waals surface area contributed by atoms with Crippen LogP contribution in [0.1, 0.15) is 5.69 Å². The van der Waals surface area contributed by atoms with Gasteiger partial charge in [0.25, 0.3) is 0 Å². The molecule has 0 radical (unpaired) electrons. The third-order valence-corrected chi connectivity index (χ3v) is 4.10. The highest BCUT2D eigenvalue weighted by Gasteiger charge is 2.20. The van der Waals surface area contributed by atoms with Crippen molar-refractivity contribution in [3.05, 3.63) is 72.4 Å². The zero-order chi connectivity index (χ0) is 17.8. The summed E-state index contributed by atoms with van der Waals surface area (Å²) in [5.41, 5.74) is 1.64. The van der Waals surface area contributed by atoms with Crippen LogP contribution in [-0.2, 0) is 4.79 Å². The van der Waals surface area contributed by atoms with Gasteiger partial charge in [-0.15, -0.1) is 0 Å². The van der Waals surface area contributed by atoms with Crippen LogP contribution in [0.15, 0.2) is 66.7 Å². The van der Waals surface area contributed by atoms with E-state index < -0.39 is 0 Å². The van der Waals surface area contributed by atoms with Gasteiger partial charge < -0.3 is 14.8 Å². The molecule has 3 aromatic rings. The maximum Gasteiger partial charge on any atom is 0.244 e. The van der Waals surface area contributed by atoms with Crippen LogP contribution in [0.25, 0.3) is 17.0 Å². The molecule has 2 aromatic carbocycles. The van der Waals surface area contributed by atoms with Crippen molar-refractivity contribution in [1.29, 1.82) is 0 Å². The zero-order valence-corrected chi connectivity index (χ0v) is 14.1. The number of carbonyl (C=O) groups is 1. The van der Waals surface area contributed by atoms with Crippen molar-refractivity contribution in [2.45, 2.75) is 6.10 Å². The molecule has 130 valence electrons. The summed E-state index contributed by atoms with van der Waals surface area (Å²) >= 11 is 0. The number of hydrogen-bond donors (Lipinski definition) is 1. The standard InChI is InChI=1S/C21H18N2O3/c24-21(12-11-16-10-9-15-5-1-2-6-18(15)23-16)22-13-17-14-25-19-7-3-4-8-20(19)26-17/h1-12,17H,13-14H2,(H,22,24)/b12-11+. The second-order valence-electron chi connectivity index (χ2n) is 6.00. The van der Waals surface area contributed by atoms with Gasteiger partial charge in [0.2, 0.25) is 5.91 Å². The van der Waals surface area contributed by atoms with E-state index in [0.29, 0.717) is 18.9 Å². The number of rotatable bonds is 4. The molecule has 0 bridgehead atoms. The number of benzene rings is 2. The Hall–Kier alpha value is -3.34. The second kappa shape index (κ2) is 7.27. The lowest BCUT2D eigenvalue weighted by molar-refractivity contribution is -0.116. The number of aromatic nitrogens is 1. The predicted molar refractivity (Wildman–Crippen MR) is 100 cm³/mol. The first-order chi connectivity index (χ1) is 12.8. The molecule has 5 nitrogen and oxygen atoms in total. The number of amides is 1. The molecule has 5 heteroatoms. The van der Waals surface area contributed by atoms with E-state index in [9.17, 15) is 4.79 Å². The SMILES string of the molecule is O=C(/C=C/c1ccc2ccccc2n1)NCC1COc2ccccc2O1. The van der Waals surface area contributed by atoms with Crippen LogP contribution in [0.4, 0.5) is 0 Å². The molecule has 1 N–H and O–H groups in total. The van der Waals surface area contributed by atoms with E-state index in [0.717, 1.165) is 22.3 Å². The normalized spacial score (nSPS) is 15.9. The average Bonchev–Trinajstić information content (AvgIpc) is 2.70. The summed E-state index contributed by atoms with van der Waals surface area (Å²) < 4.78 is 11.5. The highest BCUT2D eigenvalue weighted by atomic mass is 16.6. The van der Waals surface area contributed by atoms with Gasteiger partial charge in [0.15, 0.2) is 11.5 Å². The molecule has 2 heterocycles. The maximum absolute atomic E-state index is 12.0. The van der Waals surface area contributed by atoms with Crippen LogP contribution in [0, 0.1) is 0 Å².